The lowest BCUT2D eigenvalue weighted by Crippen LogP contribution is -2.45. The number of nitrogens with zero attached hydrogens (tertiary/aromatic N) is 3. The molecule has 0 saturated carbocycles. The predicted molar refractivity (Wildman–Crippen MR) is 78.9 cm³/mol. The number of hydrogen-bond donors (Lipinski definition) is 1. The Balaban J connectivity index is 1.95. The Morgan fingerprint density at radius 2 is 2.00 bits per heavy atom. The fourth-order valence-corrected chi connectivity index (χ4v) is 3.70. The summed E-state index contributed by atoms with van der Waals surface area (Å²) in [5.74, 6) is 0.672. The molecule has 1 N–H and O–H groups in total. The first-order chi connectivity index (χ1) is 9.46. The third kappa shape index (κ3) is 2.38. The lowest BCUT2D eigenvalue weighted by atomic mass is 10.1. The van der Waals surface area contributed by atoms with Gasteiger partial charge in [-0.1, -0.05) is 12.1 Å². The molecule has 1 atom stereocenters. The van der Waals surface area contributed by atoms with Gasteiger partial charge in [-0.3, -0.25) is 0 Å². The molecule has 6 nitrogen and oxygen atoms in total. The van der Waals surface area contributed by atoms with Gasteiger partial charge >= 0.3 is 10.2 Å². The number of benzene rings is 1. The molecule has 1 aromatic rings. The van der Waals surface area contributed by atoms with E-state index in [1.54, 1.807) is 0 Å². The van der Waals surface area contributed by atoms with E-state index < -0.39 is 10.2 Å². The van der Waals surface area contributed by atoms with Crippen LogP contribution in [0, 0.1) is 0 Å². The Morgan fingerprint density at radius 3 is 2.65 bits per heavy atom. The van der Waals surface area contributed by atoms with Crippen LogP contribution in [0.5, 0.6) is 0 Å². The molecule has 0 spiro atoms. The van der Waals surface area contributed by atoms with Crippen LogP contribution in [-0.2, 0) is 10.2 Å². The first-order valence-corrected chi connectivity index (χ1v) is 8.05. The van der Waals surface area contributed by atoms with Crippen molar-refractivity contribution in [2.45, 2.75) is 19.0 Å². The second kappa shape index (κ2) is 4.75. The summed E-state index contributed by atoms with van der Waals surface area (Å²) in [7, 11) is 0.377. The van der Waals surface area contributed by atoms with E-state index in [-0.39, 0.29) is 6.17 Å². The third-order valence-corrected chi connectivity index (χ3v) is 4.63. The molecule has 2 aliphatic rings. The zero-order valence-electron chi connectivity index (χ0n) is 11.6. The van der Waals surface area contributed by atoms with Gasteiger partial charge in [-0.15, -0.1) is 4.40 Å². The number of fused-ring (bicyclic) bond motifs is 1. The molecule has 0 radical (unpaired) electrons. The van der Waals surface area contributed by atoms with E-state index in [1.807, 2.05) is 48.2 Å². The van der Waals surface area contributed by atoms with Gasteiger partial charge in [0.15, 0.2) is 0 Å². The molecule has 0 aliphatic carbocycles. The number of anilines is 1. The zero-order valence-corrected chi connectivity index (χ0v) is 12.4. The van der Waals surface area contributed by atoms with Crippen molar-refractivity contribution in [1.29, 1.82) is 0 Å². The molecule has 108 valence electrons. The normalized spacial score (nSPS) is 24.2. The number of hydrogen-bond acceptors (Lipinski definition) is 4. The molecule has 0 bridgehead atoms. The Hall–Kier alpha value is -1.60. The lowest BCUT2D eigenvalue weighted by Gasteiger charge is -2.33. The SMILES string of the molecule is CN(C)c1ccc([C@H]2NS(=O)(=O)N=C3CCCN32)cc1. The molecule has 7 heteroatoms. The second-order valence-corrected chi connectivity index (χ2v) is 6.65. The van der Waals surface area contributed by atoms with Crippen molar-refractivity contribution in [3.05, 3.63) is 29.8 Å². The van der Waals surface area contributed by atoms with E-state index in [2.05, 4.69) is 9.12 Å². The summed E-state index contributed by atoms with van der Waals surface area (Å²) in [5.41, 5.74) is 2.02. The summed E-state index contributed by atoms with van der Waals surface area (Å²) >= 11 is 0. The van der Waals surface area contributed by atoms with Crippen molar-refractivity contribution in [2.24, 2.45) is 4.40 Å². The van der Waals surface area contributed by atoms with Crippen LogP contribution >= 0.6 is 0 Å². The fraction of sp³-hybridized carbons (Fsp3) is 0.462. The Labute approximate surface area is 119 Å². The molecule has 2 aliphatic heterocycles. The van der Waals surface area contributed by atoms with Gasteiger partial charge in [0.25, 0.3) is 0 Å². The van der Waals surface area contributed by atoms with E-state index >= 15 is 0 Å². The molecule has 1 aromatic carbocycles. The van der Waals surface area contributed by atoms with Crippen molar-refractivity contribution in [3.8, 4) is 0 Å². The molecule has 3 rings (SSSR count). The topological polar surface area (TPSA) is 65.0 Å². The van der Waals surface area contributed by atoms with Gasteiger partial charge in [0.2, 0.25) is 0 Å². The van der Waals surface area contributed by atoms with Crippen molar-refractivity contribution >= 4 is 21.7 Å². The predicted octanol–water partition coefficient (Wildman–Crippen LogP) is 1.09. The summed E-state index contributed by atoms with van der Waals surface area (Å²) in [6.45, 7) is 0.835. The minimum absolute atomic E-state index is 0.341. The maximum absolute atomic E-state index is 11.8. The third-order valence-electron chi connectivity index (χ3n) is 3.65. The van der Waals surface area contributed by atoms with Crippen LogP contribution in [0.3, 0.4) is 0 Å². The highest BCUT2D eigenvalue weighted by atomic mass is 32.2. The molecule has 0 unspecified atom stereocenters. The average molecular weight is 294 g/mol. The Kier molecular flexibility index (Phi) is 3.18. The monoisotopic (exact) mass is 294 g/mol. The summed E-state index contributed by atoms with van der Waals surface area (Å²) in [4.78, 5) is 4.04. The van der Waals surface area contributed by atoms with E-state index in [0.717, 1.165) is 30.6 Å². The van der Waals surface area contributed by atoms with Crippen LogP contribution < -0.4 is 9.62 Å². The van der Waals surface area contributed by atoms with Crippen LogP contribution in [0.4, 0.5) is 5.69 Å². The smallest absolute Gasteiger partial charge is 0.323 e. The maximum atomic E-state index is 11.8. The maximum Gasteiger partial charge on any atom is 0.323 e. The summed E-state index contributed by atoms with van der Waals surface area (Å²) < 4.78 is 30.1. The zero-order chi connectivity index (χ0) is 14.3. The standard InChI is InChI=1S/C13H18N4O2S/c1-16(2)11-7-5-10(6-8-11)13-15-20(18,19)14-12-4-3-9-17(12)13/h5-8,13,15H,3-4,9H2,1-2H3/t13-/m0/s1. The van der Waals surface area contributed by atoms with Crippen molar-refractivity contribution in [3.63, 3.8) is 0 Å². The minimum atomic E-state index is -3.57. The highest BCUT2D eigenvalue weighted by molar-refractivity contribution is 7.88. The Bertz CT molecular complexity index is 637. The summed E-state index contributed by atoms with van der Waals surface area (Å²) in [6.07, 6.45) is 1.33. The van der Waals surface area contributed by atoms with Gasteiger partial charge in [-0.05, 0) is 24.1 Å². The number of amidine groups is 1. The van der Waals surface area contributed by atoms with Gasteiger partial charge in [-0.25, -0.2) is 0 Å². The molecule has 1 saturated heterocycles. The van der Waals surface area contributed by atoms with Crippen LogP contribution in [-0.4, -0.2) is 39.8 Å². The van der Waals surface area contributed by atoms with Crippen LogP contribution in [0.15, 0.2) is 28.7 Å². The lowest BCUT2D eigenvalue weighted by molar-refractivity contribution is 0.316. The van der Waals surface area contributed by atoms with Gasteiger partial charge in [0.1, 0.15) is 12.0 Å². The van der Waals surface area contributed by atoms with Crippen molar-refractivity contribution in [2.75, 3.05) is 25.5 Å². The van der Waals surface area contributed by atoms with Gasteiger partial charge in [0.05, 0.1) is 0 Å². The summed E-state index contributed by atoms with van der Waals surface area (Å²) in [5, 5.41) is 0. The van der Waals surface area contributed by atoms with Crippen molar-refractivity contribution in [1.82, 2.24) is 9.62 Å². The first kappa shape index (κ1) is 13.4. The fourth-order valence-electron chi connectivity index (χ4n) is 2.63. The van der Waals surface area contributed by atoms with E-state index in [0.29, 0.717) is 5.84 Å². The van der Waals surface area contributed by atoms with E-state index in [9.17, 15) is 8.42 Å². The molecule has 20 heavy (non-hydrogen) atoms. The number of nitrogens with one attached hydrogen (secondary N) is 1. The van der Waals surface area contributed by atoms with Gasteiger partial charge in [-0.2, -0.15) is 13.1 Å². The highest BCUT2D eigenvalue weighted by Crippen LogP contribution is 2.30. The molecule has 2 heterocycles. The molecule has 0 amide bonds. The molecule has 0 aromatic heterocycles. The minimum Gasteiger partial charge on any atom is -0.378 e. The molecular weight excluding hydrogens is 276 g/mol. The van der Waals surface area contributed by atoms with E-state index in [4.69, 9.17) is 0 Å². The quantitative estimate of drug-likeness (QED) is 0.887. The van der Waals surface area contributed by atoms with E-state index in [1.165, 1.54) is 0 Å². The van der Waals surface area contributed by atoms with Crippen LogP contribution in [0.2, 0.25) is 0 Å². The Morgan fingerprint density at radius 1 is 1.30 bits per heavy atom. The average Bonchev–Trinajstić information content (AvgIpc) is 2.84. The first-order valence-electron chi connectivity index (χ1n) is 6.61. The number of rotatable bonds is 2. The van der Waals surface area contributed by atoms with Gasteiger partial charge in [0, 0.05) is 32.7 Å². The molecular formula is C13H18N4O2S. The van der Waals surface area contributed by atoms with Crippen molar-refractivity contribution < 1.29 is 8.42 Å². The highest BCUT2D eigenvalue weighted by Gasteiger charge is 2.35. The largest absolute Gasteiger partial charge is 0.378 e. The van der Waals surface area contributed by atoms with Gasteiger partial charge < -0.3 is 9.80 Å². The second-order valence-electron chi connectivity index (χ2n) is 5.29. The molecule has 1 fully saturated rings. The van der Waals surface area contributed by atoms with Crippen LogP contribution in [0.1, 0.15) is 24.6 Å². The van der Waals surface area contributed by atoms with Crippen LogP contribution in [0.25, 0.3) is 0 Å². The summed E-state index contributed by atoms with van der Waals surface area (Å²) in [6, 6.07) is 7.91.